The molecule has 9 N–H and O–H groups in total. The van der Waals surface area contributed by atoms with Gasteiger partial charge in [0.05, 0.1) is 5.39 Å². The normalized spacial score (nSPS) is 7.82. The van der Waals surface area contributed by atoms with Crippen LogP contribution in [0, 0.1) is 0 Å². The molecule has 0 unspecified atom stereocenters. The fourth-order valence-corrected chi connectivity index (χ4v) is 2.01. The lowest BCUT2D eigenvalue weighted by atomic mass is 10.1. The standard InChI is InChI=1S/C11H8O5.C6H6O3.6CH4.H2O2/c12-6-3-1-2-5-4-7(13)10(15)11(16)8(5)9(6)14;7-4-2-1-3-5(8)6(4)9;;;;;;;1-2/h1-4,13,15-16H,(H,12,14);1-3,7-9H;6*1H4;1-2H. The zero-order valence-corrected chi connectivity index (χ0v) is 13.5. The Balaban J connectivity index is -0.0000000950. The zero-order valence-electron chi connectivity index (χ0n) is 13.5. The summed E-state index contributed by atoms with van der Waals surface area (Å²) < 4.78 is 0. The van der Waals surface area contributed by atoms with Crippen molar-refractivity contribution < 1.29 is 46.3 Å². The van der Waals surface area contributed by atoms with Crippen LogP contribution in [-0.4, -0.2) is 46.3 Å². The van der Waals surface area contributed by atoms with Crippen LogP contribution < -0.4 is 5.43 Å². The highest BCUT2D eigenvalue weighted by Gasteiger charge is 2.14. The van der Waals surface area contributed by atoms with Gasteiger partial charge in [0, 0.05) is 0 Å². The molecule has 0 radical (unpaired) electrons. The maximum Gasteiger partial charge on any atom is 0.220 e. The summed E-state index contributed by atoms with van der Waals surface area (Å²) in [6, 6.07) is 9.07. The number of phenolic OH excluding ortho intramolecular Hbond substituents is 6. The van der Waals surface area contributed by atoms with Crippen LogP contribution in [0.4, 0.5) is 0 Å². The molecule has 3 aromatic carbocycles. The molecule has 0 saturated heterocycles. The fourth-order valence-electron chi connectivity index (χ4n) is 2.01. The molecule has 0 aliphatic heterocycles. The number of hydrogen-bond acceptors (Lipinski definition) is 10. The molecule has 0 aliphatic rings. The SMILES string of the molecule is C.C.C.C.C.C.O=c1cccc2cc(O)c(O)c(O)c2c1O.OO.Oc1cccc(O)c1O. The van der Waals surface area contributed by atoms with Gasteiger partial charge in [0.25, 0.3) is 0 Å². The van der Waals surface area contributed by atoms with E-state index in [-0.39, 0.29) is 66.8 Å². The second-order valence-corrected chi connectivity index (χ2v) is 4.94. The van der Waals surface area contributed by atoms with Crippen LogP contribution in [0.1, 0.15) is 44.6 Å². The minimum absolute atomic E-state index is 0. The predicted molar refractivity (Wildman–Crippen MR) is 134 cm³/mol. The van der Waals surface area contributed by atoms with Crippen molar-refractivity contribution in [1.82, 2.24) is 0 Å². The highest BCUT2D eigenvalue weighted by atomic mass is 17.0. The van der Waals surface area contributed by atoms with Gasteiger partial charge in [0.1, 0.15) is 0 Å². The second kappa shape index (κ2) is 18.8. The summed E-state index contributed by atoms with van der Waals surface area (Å²) in [5.74, 6) is -3.78. The van der Waals surface area contributed by atoms with Crippen molar-refractivity contribution in [3.63, 3.8) is 0 Å². The largest absolute Gasteiger partial charge is 0.504 e. The van der Waals surface area contributed by atoms with Gasteiger partial charge >= 0.3 is 0 Å². The lowest BCUT2D eigenvalue weighted by Crippen LogP contribution is -1.93. The van der Waals surface area contributed by atoms with E-state index in [9.17, 15) is 25.2 Å². The third-order valence-corrected chi connectivity index (χ3v) is 3.27. The zero-order chi connectivity index (χ0) is 20.7. The Morgan fingerprint density at radius 2 is 0.909 bits per heavy atom. The predicted octanol–water partition coefficient (Wildman–Crippen LogP) is 5.66. The van der Waals surface area contributed by atoms with E-state index in [1.165, 1.54) is 30.3 Å². The van der Waals surface area contributed by atoms with Crippen LogP contribution in [0.5, 0.6) is 40.2 Å². The molecule has 192 valence electrons. The Labute approximate surface area is 195 Å². The lowest BCUT2D eigenvalue weighted by Gasteiger charge is -2.04. The number of para-hydroxylation sites is 1. The average Bonchev–Trinajstić information content (AvgIpc) is 2.79. The molecule has 0 amide bonds. The second-order valence-electron chi connectivity index (χ2n) is 4.94. The van der Waals surface area contributed by atoms with E-state index < -0.39 is 34.2 Å². The van der Waals surface area contributed by atoms with E-state index in [0.29, 0.717) is 0 Å². The number of benzene rings is 2. The molecule has 0 heterocycles. The first kappa shape index (κ1) is 43.1. The van der Waals surface area contributed by atoms with Crippen LogP contribution in [0.15, 0.2) is 47.3 Å². The molecule has 33 heavy (non-hydrogen) atoms. The van der Waals surface area contributed by atoms with E-state index in [2.05, 4.69) is 0 Å². The van der Waals surface area contributed by atoms with E-state index >= 15 is 0 Å². The molecule has 3 aromatic rings. The van der Waals surface area contributed by atoms with Gasteiger partial charge in [0.15, 0.2) is 34.5 Å². The summed E-state index contributed by atoms with van der Waals surface area (Å²) >= 11 is 0. The Morgan fingerprint density at radius 1 is 0.485 bits per heavy atom. The van der Waals surface area contributed by atoms with E-state index in [1.807, 2.05) is 0 Å². The topological polar surface area (TPSA) is 199 Å². The van der Waals surface area contributed by atoms with Crippen molar-refractivity contribution >= 4 is 10.8 Å². The molecule has 10 heteroatoms. The van der Waals surface area contributed by atoms with Crippen LogP contribution in [0.2, 0.25) is 0 Å². The smallest absolute Gasteiger partial charge is 0.220 e. The summed E-state index contributed by atoms with van der Waals surface area (Å²) in [7, 11) is 0. The quantitative estimate of drug-likeness (QED) is 0.111. The van der Waals surface area contributed by atoms with Crippen molar-refractivity contribution in [3.8, 4) is 40.2 Å². The van der Waals surface area contributed by atoms with Gasteiger partial charge < -0.3 is 35.7 Å². The van der Waals surface area contributed by atoms with Crippen molar-refractivity contribution in [2.45, 2.75) is 44.6 Å². The monoisotopic (exact) mass is 476 g/mol. The summed E-state index contributed by atoms with van der Waals surface area (Å²) in [4.78, 5) is 11.3. The molecule has 0 saturated carbocycles. The number of fused-ring (bicyclic) bond motifs is 1. The molecular formula is C23H40O10. The minimum Gasteiger partial charge on any atom is -0.504 e. The third kappa shape index (κ3) is 9.85. The fraction of sp³-hybridized carbons (Fsp3) is 0.261. The highest BCUT2D eigenvalue weighted by Crippen LogP contribution is 2.42. The van der Waals surface area contributed by atoms with Crippen molar-refractivity contribution in [1.29, 1.82) is 0 Å². The number of aromatic hydroxyl groups is 7. The molecule has 10 nitrogen and oxygen atoms in total. The molecule has 0 aliphatic carbocycles. The van der Waals surface area contributed by atoms with Gasteiger partial charge in [-0.3, -0.25) is 15.3 Å². The van der Waals surface area contributed by atoms with Crippen molar-refractivity contribution in [2.24, 2.45) is 0 Å². The van der Waals surface area contributed by atoms with Gasteiger partial charge in [-0.1, -0.05) is 62.8 Å². The Bertz CT molecular complexity index is 984. The Hall–Kier alpha value is -3.89. The molecule has 0 spiro atoms. The molecule has 0 atom stereocenters. The molecule has 0 aromatic heterocycles. The van der Waals surface area contributed by atoms with Gasteiger partial charge in [-0.25, -0.2) is 0 Å². The molecule has 0 fully saturated rings. The van der Waals surface area contributed by atoms with Crippen LogP contribution >= 0.6 is 0 Å². The molecule has 0 bridgehead atoms. The Morgan fingerprint density at radius 3 is 1.33 bits per heavy atom. The van der Waals surface area contributed by atoms with E-state index in [4.69, 9.17) is 25.8 Å². The van der Waals surface area contributed by atoms with E-state index in [0.717, 1.165) is 12.1 Å². The van der Waals surface area contributed by atoms with Gasteiger partial charge in [-0.05, 0) is 29.7 Å². The maximum absolute atomic E-state index is 11.3. The van der Waals surface area contributed by atoms with Crippen LogP contribution in [-0.2, 0) is 0 Å². The summed E-state index contributed by atoms with van der Waals surface area (Å²) in [5.41, 5.74) is -0.685. The molecular weight excluding hydrogens is 436 g/mol. The van der Waals surface area contributed by atoms with Gasteiger partial charge in [-0.2, -0.15) is 0 Å². The maximum atomic E-state index is 11.3. The van der Waals surface area contributed by atoms with E-state index in [1.54, 1.807) is 0 Å². The van der Waals surface area contributed by atoms with Crippen LogP contribution in [0.3, 0.4) is 0 Å². The third-order valence-electron chi connectivity index (χ3n) is 3.27. The lowest BCUT2D eigenvalue weighted by molar-refractivity contribution is -0.176. The Kier molecular flexibility index (Phi) is 24.6. The van der Waals surface area contributed by atoms with Crippen molar-refractivity contribution in [3.05, 3.63) is 52.7 Å². The number of hydrogen-bond donors (Lipinski definition) is 9. The summed E-state index contributed by atoms with van der Waals surface area (Å²) in [5, 5.41) is 75.8. The summed E-state index contributed by atoms with van der Waals surface area (Å²) in [6.45, 7) is 0. The number of rotatable bonds is 0. The summed E-state index contributed by atoms with van der Waals surface area (Å²) in [6.07, 6.45) is 0. The highest BCUT2D eigenvalue weighted by molar-refractivity contribution is 5.96. The molecule has 3 rings (SSSR count). The first-order valence-corrected chi connectivity index (χ1v) is 7.03. The first-order valence-electron chi connectivity index (χ1n) is 7.03. The van der Waals surface area contributed by atoms with Gasteiger partial charge in [-0.15, -0.1) is 0 Å². The minimum atomic E-state index is -0.770. The van der Waals surface area contributed by atoms with Crippen LogP contribution in [0.25, 0.3) is 10.8 Å². The average molecular weight is 477 g/mol. The van der Waals surface area contributed by atoms with Gasteiger partial charge in [0.2, 0.25) is 11.2 Å². The number of phenols is 6. The van der Waals surface area contributed by atoms with Crippen molar-refractivity contribution in [2.75, 3.05) is 0 Å². The first-order chi connectivity index (χ1) is 12.7.